The minimum Gasteiger partial charge on any atom is -0.488 e. The zero-order chi connectivity index (χ0) is 14.2. The van der Waals surface area contributed by atoms with E-state index in [0.717, 1.165) is 35.6 Å². The maximum Gasteiger partial charge on any atom is 0.125 e. The van der Waals surface area contributed by atoms with E-state index in [4.69, 9.17) is 16.3 Å². The smallest absolute Gasteiger partial charge is 0.125 e. The normalized spacial score (nSPS) is 16.9. The monoisotopic (exact) mass is 299 g/mol. The second-order valence-electron chi connectivity index (χ2n) is 5.19. The summed E-state index contributed by atoms with van der Waals surface area (Å²) < 4.78 is 8.16. The molecule has 0 fully saturated rings. The fraction of sp³-hybridized carbons (Fsp3) is 0.250. The van der Waals surface area contributed by atoms with Crippen LogP contribution in [-0.2, 0) is 18.8 Å². The SMILES string of the molecule is ClCc1nc2cnccc2n1CC1Cc2ccccc2O1. The number of nitrogens with zero attached hydrogens (tertiary/aromatic N) is 3. The quantitative estimate of drug-likeness (QED) is 0.697. The Morgan fingerprint density at radius 1 is 1.29 bits per heavy atom. The molecule has 106 valence electrons. The number of pyridine rings is 1. The van der Waals surface area contributed by atoms with Gasteiger partial charge in [-0.05, 0) is 17.7 Å². The summed E-state index contributed by atoms with van der Waals surface area (Å²) in [5.74, 6) is 2.23. The van der Waals surface area contributed by atoms with Crippen LogP contribution in [0.5, 0.6) is 5.75 Å². The van der Waals surface area contributed by atoms with E-state index in [9.17, 15) is 0 Å². The number of para-hydroxylation sites is 1. The van der Waals surface area contributed by atoms with Gasteiger partial charge < -0.3 is 9.30 Å². The van der Waals surface area contributed by atoms with Crippen LogP contribution in [0, 0.1) is 0 Å². The summed E-state index contributed by atoms with van der Waals surface area (Å²) >= 11 is 6.03. The topological polar surface area (TPSA) is 39.9 Å². The maximum atomic E-state index is 6.03. The van der Waals surface area contributed by atoms with Crippen molar-refractivity contribution in [2.45, 2.75) is 24.9 Å². The number of aromatic nitrogens is 3. The predicted octanol–water partition coefficient (Wildman–Crippen LogP) is 3.17. The van der Waals surface area contributed by atoms with Crippen molar-refractivity contribution in [2.75, 3.05) is 0 Å². The third-order valence-corrected chi connectivity index (χ3v) is 4.09. The highest BCUT2D eigenvalue weighted by Gasteiger charge is 2.24. The van der Waals surface area contributed by atoms with Crippen LogP contribution in [0.3, 0.4) is 0 Å². The maximum absolute atomic E-state index is 6.03. The molecule has 0 radical (unpaired) electrons. The second kappa shape index (κ2) is 5.04. The van der Waals surface area contributed by atoms with Gasteiger partial charge >= 0.3 is 0 Å². The number of imidazole rings is 1. The molecule has 1 aliphatic rings. The first-order chi connectivity index (χ1) is 10.3. The Morgan fingerprint density at radius 2 is 2.19 bits per heavy atom. The molecule has 3 aromatic rings. The predicted molar refractivity (Wildman–Crippen MR) is 81.6 cm³/mol. The molecule has 1 unspecified atom stereocenters. The van der Waals surface area contributed by atoms with Crippen molar-refractivity contribution in [1.82, 2.24) is 14.5 Å². The van der Waals surface area contributed by atoms with Crippen LogP contribution >= 0.6 is 11.6 Å². The fourth-order valence-electron chi connectivity index (χ4n) is 2.90. The van der Waals surface area contributed by atoms with Gasteiger partial charge in [-0.25, -0.2) is 4.98 Å². The van der Waals surface area contributed by atoms with Gasteiger partial charge in [-0.1, -0.05) is 18.2 Å². The highest BCUT2D eigenvalue weighted by molar-refractivity contribution is 6.16. The molecule has 0 bridgehead atoms. The third kappa shape index (κ3) is 2.16. The molecule has 21 heavy (non-hydrogen) atoms. The summed E-state index contributed by atoms with van der Waals surface area (Å²) in [5, 5.41) is 0. The standard InChI is InChI=1S/C16H14ClN3O/c17-8-16-19-13-9-18-6-5-14(13)20(16)10-12-7-11-3-1-2-4-15(11)21-12/h1-6,9,12H,7-8,10H2. The van der Waals surface area contributed by atoms with Gasteiger partial charge in [0, 0.05) is 12.6 Å². The molecule has 0 saturated heterocycles. The van der Waals surface area contributed by atoms with E-state index in [1.807, 2.05) is 24.3 Å². The van der Waals surface area contributed by atoms with Gasteiger partial charge in [0.2, 0.25) is 0 Å². The van der Waals surface area contributed by atoms with E-state index in [-0.39, 0.29) is 6.10 Å². The Balaban J connectivity index is 1.66. The fourth-order valence-corrected chi connectivity index (χ4v) is 3.10. The molecule has 1 atom stereocenters. The number of halogens is 1. The van der Waals surface area contributed by atoms with Gasteiger partial charge in [0.25, 0.3) is 0 Å². The van der Waals surface area contributed by atoms with Crippen LogP contribution in [0.4, 0.5) is 0 Å². The highest BCUT2D eigenvalue weighted by Crippen LogP contribution is 2.29. The van der Waals surface area contributed by atoms with Gasteiger partial charge in [-0.2, -0.15) is 0 Å². The van der Waals surface area contributed by atoms with Crippen molar-refractivity contribution < 1.29 is 4.74 Å². The molecule has 2 aromatic heterocycles. The van der Waals surface area contributed by atoms with E-state index in [1.165, 1.54) is 5.56 Å². The van der Waals surface area contributed by atoms with Crippen LogP contribution in [0.25, 0.3) is 11.0 Å². The van der Waals surface area contributed by atoms with Gasteiger partial charge in [0.15, 0.2) is 0 Å². The van der Waals surface area contributed by atoms with Crippen LogP contribution in [0.1, 0.15) is 11.4 Å². The Kier molecular flexibility index (Phi) is 3.04. The van der Waals surface area contributed by atoms with Crippen LogP contribution < -0.4 is 4.74 Å². The number of ether oxygens (including phenoxy) is 1. The average Bonchev–Trinajstić information content (AvgIpc) is 3.08. The van der Waals surface area contributed by atoms with Gasteiger partial charge in [0.1, 0.15) is 23.2 Å². The molecule has 0 aliphatic carbocycles. The van der Waals surface area contributed by atoms with E-state index in [1.54, 1.807) is 12.4 Å². The van der Waals surface area contributed by atoms with Crippen molar-refractivity contribution >= 4 is 22.6 Å². The van der Waals surface area contributed by atoms with E-state index in [0.29, 0.717) is 5.88 Å². The van der Waals surface area contributed by atoms with Crippen molar-refractivity contribution in [2.24, 2.45) is 0 Å². The molecule has 1 aliphatic heterocycles. The summed E-state index contributed by atoms with van der Waals surface area (Å²) in [6, 6.07) is 10.2. The molecular weight excluding hydrogens is 286 g/mol. The number of benzene rings is 1. The Morgan fingerprint density at radius 3 is 3.05 bits per heavy atom. The molecule has 4 rings (SSSR count). The Labute approximate surface area is 127 Å². The molecule has 4 nitrogen and oxygen atoms in total. The molecule has 1 aromatic carbocycles. The molecule has 0 spiro atoms. The first-order valence-corrected chi connectivity index (χ1v) is 7.48. The largest absolute Gasteiger partial charge is 0.488 e. The minimum absolute atomic E-state index is 0.120. The minimum atomic E-state index is 0.120. The van der Waals surface area contributed by atoms with E-state index >= 15 is 0 Å². The zero-order valence-electron chi connectivity index (χ0n) is 11.4. The second-order valence-corrected chi connectivity index (χ2v) is 5.46. The van der Waals surface area contributed by atoms with Crippen LogP contribution in [-0.4, -0.2) is 20.6 Å². The summed E-state index contributed by atoms with van der Waals surface area (Å²) in [5.41, 5.74) is 3.20. The number of fused-ring (bicyclic) bond motifs is 2. The van der Waals surface area contributed by atoms with Gasteiger partial charge in [-0.3, -0.25) is 4.98 Å². The first-order valence-electron chi connectivity index (χ1n) is 6.95. The molecule has 0 saturated carbocycles. The molecule has 0 amide bonds. The Bertz CT molecular complexity index is 774. The van der Waals surface area contributed by atoms with Crippen LogP contribution in [0.15, 0.2) is 42.7 Å². The lowest BCUT2D eigenvalue weighted by Crippen LogP contribution is -2.21. The Hall–Kier alpha value is -2.07. The average molecular weight is 300 g/mol. The number of hydrogen-bond donors (Lipinski definition) is 0. The lowest BCUT2D eigenvalue weighted by atomic mass is 10.1. The van der Waals surface area contributed by atoms with Crippen LogP contribution in [0.2, 0.25) is 0 Å². The molecule has 0 N–H and O–H groups in total. The number of hydrogen-bond acceptors (Lipinski definition) is 3. The summed E-state index contributed by atoms with van der Waals surface area (Å²) in [7, 11) is 0. The zero-order valence-corrected chi connectivity index (χ0v) is 12.1. The lowest BCUT2D eigenvalue weighted by Gasteiger charge is -2.14. The third-order valence-electron chi connectivity index (χ3n) is 3.85. The van der Waals surface area contributed by atoms with E-state index in [2.05, 4.69) is 20.6 Å². The van der Waals surface area contributed by atoms with E-state index < -0.39 is 0 Å². The summed E-state index contributed by atoms with van der Waals surface area (Å²) in [6.07, 6.45) is 4.59. The summed E-state index contributed by atoms with van der Waals surface area (Å²) in [4.78, 5) is 8.65. The van der Waals surface area contributed by atoms with Crippen molar-refractivity contribution in [1.29, 1.82) is 0 Å². The lowest BCUT2D eigenvalue weighted by molar-refractivity contribution is 0.210. The van der Waals surface area contributed by atoms with Crippen molar-refractivity contribution in [3.63, 3.8) is 0 Å². The molecular formula is C16H14ClN3O. The number of alkyl halides is 1. The highest BCUT2D eigenvalue weighted by atomic mass is 35.5. The van der Waals surface area contributed by atoms with Gasteiger partial charge in [-0.15, -0.1) is 11.6 Å². The molecule has 5 heteroatoms. The van der Waals surface area contributed by atoms with Gasteiger partial charge in [0.05, 0.1) is 24.1 Å². The number of rotatable bonds is 3. The van der Waals surface area contributed by atoms with Crippen molar-refractivity contribution in [3.05, 3.63) is 54.1 Å². The van der Waals surface area contributed by atoms with Crippen molar-refractivity contribution in [3.8, 4) is 5.75 Å². The first kappa shape index (κ1) is 12.7. The summed E-state index contributed by atoms with van der Waals surface area (Å²) in [6.45, 7) is 0.747. The molecule has 3 heterocycles.